The minimum atomic E-state index is -2.47. The highest BCUT2D eigenvalue weighted by molar-refractivity contribution is 9.10. The molecule has 8 heteroatoms. The van der Waals surface area contributed by atoms with Crippen molar-refractivity contribution in [3.05, 3.63) is 34.1 Å². The molecule has 0 saturated carbocycles. The second-order valence-electron chi connectivity index (χ2n) is 4.25. The third-order valence-electron chi connectivity index (χ3n) is 2.68. The Morgan fingerprint density at radius 2 is 2.33 bits per heavy atom. The van der Waals surface area contributed by atoms with E-state index in [4.69, 9.17) is 11.3 Å². The zero-order chi connectivity index (χ0) is 15.4. The molecule has 1 N–H and O–H groups in total. The predicted octanol–water partition coefficient (Wildman–Crippen LogP) is 2.99. The molecule has 0 bridgehead atoms. The van der Waals surface area contributed by atoms with Crippen molar-refractivity contribution in [1.82, 2.24) is 5.43 Å². The Morgan fingerprint density at radius 3 is 3.00 bits per heavy atom. The Morgan fingerprint density at radius 1 is 1.57 bits per heavy atom. The largest absolute Gasteiger partial charge is 0.407 e. The van der Waals surface area contributed by atoms with E-state index in [-0.39, 0.29) is 6.42 Å². The Kier molecular flexibility index (Phi) is 4.85. The molecule has 0 aliphatic carbocycles. The number of hydrazone groups is 1. The molecule has 0 fully saturated rings. The van der Waals surface area contributed by atoms with Gasteiger partial charge in [0.2, 0.25) is 0 Å². The minimum absolute atomic E-state index is 0.290. The standard InChI is InChI=1S/C13H12BrF2N4O/c1-17-8-3-4-9(14)10(5-8)21-13-6-12(19-20(13)2)18-7-11(15)16/h3-5,11H,6-7H2,2H3,(H,18,19)/q+1. The number of nitrogens with one attached hydrogen (secondary N) is 1. The second-order valence-corrected chi connectivity index (χ2v) is 5.10. The summed E-state index contributed by atoms with van der Waals surface area (Å²) in [6.07, 6.45) is -2.18. The molecular weight excluding hydrogens is 346 g/mol. The maximum atomic E-state index is 12.1. The van der Waals surface area contributed by atoms with Crippen LogP contribution >= 0.6 is 15.9 Å². The van der Waals surface area contributed by atoms with Crippen LogP contribution in [0.4, 0.5) is 14.5 Å². The van der Waals surface area contributed by atoms with Gasteiger partial charge < -0.3 is 4.74 Å². The Bertz CT molecular complexity index is 652. The van der Waals surface area contributed by atoms with Gasteiger partial charge in [-0.15, -0.1) is 5.43 Å². The molecule has 0 aromatic heterocycles. The summed E-state index contributed by atoms with van der Waals surface area (Å²) in [5.74, 6) is 1.43. The first-order valence-electron chi connectivity index (χ1n) is 6.02. The van der Waals surface area contributed by atoms with E-state index in [0.717, 1.165) is 0 Å². The number of benzene rings is 1. The molecule has 1 heterocycles. The molecule has 0 amide bonds. The lowest BCUT2D eigenvalue weighted by atomic mass is 10.3. The van der Waals surface area contributed by atoms with Gasteiger partial charge in [0.15, 0.2) is 18.6 Å². The van der Waals surface area contributed by atoms with E-state index >= 15 is 0 Å². The maximum absolute atomic E-state index is 12.1. The molecule has 1 aromatic rings. The van der Waals surface area contributed by atoms with E-state index in [1.54, 1.807) is 29.9 Å². The third kappa shape index (κ3) is 3.98. The van der Waals surface area contributed by atoms with Crippen molar-refractivity contribution < 1.29 is 18.2 Å². The van der Waals surface area contributed by atoms with Crippen LogP contribution in [-0.2, 0) is 0 Å². The minimum Gasteiger partial charge on any atom is -0.407 e. The normalized spacial score (nSPS) is 16.3. The molecule has 0 unspecified atom stereocenters. The van der Waals surface area contributed by atoms with Gasteiger partial charge in [0, 0.05) is 0 Å². The zero-order valence-corrected chi connectivity index (χ0v) is 12.7. The van der Waals surface area contributed by atoms with Crippen LogP contribution in [0.3, 0.4) is 0 Å². The SMILES string of the molecule is [C-]#[N+]c1ccc(Br)c(OC2=[N+](C)NC(=NCC(F)F)C2)c1. The summed E-state index contributed by atoms with van der Waals surface area (Å²) in [6.45, 7) is 6.46. The monoisotopic (exact) mass is 357 g/mol. The van der Waals surface area contributed by atoms with Crippen molar-refractivity contribution in [2.75, 3.05) is 13.6 Å². The van der Waals surface area contributed by atoms with Crippen molar-refractivity contribution in [3.8, 4) is 5.75 Å². The second kappa shape index (κ2) is 6.63. The third-order valence-corrected chi connectivity index (χ3v) is 3.34. The summed E-state index contributed by atoms with van der Waals surface area (Å²) >= 11 is 3.34. The summed E-state index contributed by atoms with van der Waals surface area (Å²) in [4.78, 5) is 7.11. The van der Waals surface area contributed by atoms with E-state index < -0.39 is 13.0 Å². The van der Waals surface area contributed by atoms with Crippen LogP contribution in [0, 0.1) is 6.57 Å². The summed E-state index contributed by atoms with van der Waals surface area (Å²) in [5, 5.41) is 0. The molecule has 110 valence electrons. The topological polar surface area (TPSA) is 41.0 Å². The van der Waals surface area contributed by atoms with Crippen molar-refractivity contribution in [2.45, 2.75) is 12.8 Å². The summed E-state index contributed by atoms with van der Waals surface area (Å²) in [5.41, 5.74) is 3.29. The predicted molar refractivity (Wildman–Crippen MR) is 78.3 cm³/mol. The van der Waals surface area contributed by atoms with Crippen molar-refractivity contribution in [1.29, 1.82) is 0 Å². The van der Waals surface area contributed by atoms with E-state index in [1.807, 2.05) is 0 Å². The van der Waals surface area contributed by atoms with Gasteiger partial charge in [0.1, 0.15) is 18.7 Å². The number of hydrazine groups is 1. The van der Waals surface area contributed by atoms with E-state index in [0.29, 0.717) is 27.6 Å². The van der Waals surface area contributed by atoms with E-state index in [2.05, 4.69) is 31.2 Å². The molecule has 0 radical (unpaired) electrons. The van der Waals surface area contributed by atoms with Crippen molar-refractivity contribution >= 4 is 33.4 Å². The highest BCUT2D eigenvalue weighted by Gasteiger charge is 2.28. The molecule has 5 nitrogen and oxygen atoms in total. The van der Waals surface area contributed by atoms with Crippen LogP contribution in [0.5, 0.6) is 5.75 Å². The fraction of sp³-hybridized carbons (Fsp3) is 0.308. The number of halogens is 3. The average molecular weight is 358 g/mol. The van der Waals surface area contributed by atoms with Gasteiger partial charge in [-0.25, -0.2) is 13.6 Å². The highest BCUT2D eigenvalue weighted by atomic mass is 79.9. The number of rotatable bonds is 3. The first kappa shape index (κ1) is 15.4. The van der Waals surface area contributed by atoms with Crippen molar-refractivity contribution in [3.63, 3.8) is 0 Å². The van der Waals surface area contributed by atoms with Crippen LogP contribution in [0.1, 0.15) is 6.42 Å². The van der Waals surface area contributed by atoms with Gasteiger partial charge in [-0.1, -0.05) is 16.8 Å². The molecule has 1 aliphatic rings. The lowest BCUT2D eigenvalue weighted by Gasteiger charge is -2.04. The van der Waals surface area contributed by atoms with Crippen LogP contribution in [0.2, 0.25) is 0 Å². The summed E-state index contributed by atoms with van der Waals surface area (Å²) in [7, 11) is 1.70. The summed E-state index contributed by atoms with van der Waals surface area (Å²) < 4.78 is 32.3. The lowest BCUT2D eigenvalue weighted by Crippen LogP contribution is -2.26. The molecule has 1 aliphatic heterocycles. The van der Waals surface area contributed by atoms with Crippen molar-refractivity contribution in [2.24, 2.45) is 4.99 Å². The van der Waals surface area contributed by atoms with E-state index in [9.17, 15) is 8.78 Å². The van der Waals surface area contributed by atoms with Crippen LogP contribution in [0.15, 0.2) is 27.7 Å². The number of hydrogen-bond donors (Lipinski definition) is 1. The summed E-state index contributed by atoms with van der Waals surface area (Å²) in [6, 6.07) is 4.99. The molecule has 0 saturated heterocycles. The number of aliphatic imine (C=N–C) groups is 1. The quantitative estimate of drug-likeness (QED) is 0.667. The maximum Gasteiger partial charge on any atom is 0.378 e. The smallest absolute Gasteiger partial charge is 0.378 e. The van der Waals surface area contributed by atoms with Gasteiger partial charge in [0.05, 0.1) is 11.0 Å². The van der Waals surface area contributed by atoms with Crippen LogP contribution in [-0.4, -0.2) is 36.4 Å². The van der Waals surface area contributed by atoms with Gasteiger partial charge >= 0.3 is 5.90 Å². The lowest BCUT2D eigenvalue weighted by molar-refractivity contribution is -0.542. The van der Waals surface area contributed by atoms with Crippen LogP contribution in [0.25, 0.3) is 4.85 Å². The highest BCUT2D eigenvalue weighted by Crippen LogP contribution is 2.30. The first-order chi connectivity index (χ1) is 9.99. The number of hydrogen-bond acceptors (Lipinski definition) is 2. The van der Waals surface area contributed by atoms with Gasteiger partial charge in [-0.2, -0.15) is 0 Å². The molecule has 0 spiro atoms. The van der Waals surface area contributed by atoms with Gasteiger partial charge in [0.25, 0.3) is 6.43 Å². The average Bonchev–Trinajstić information content (AvgIpc) is 2.79. The van der Waals surface area contributed by atoms with E-state index in [1.165, 1.54) is 0 Å². The van der Waals surface area contributed by atoms with Gasteiger partial charge in [-0.3, -0.25) is 4.99 Å². The fourth-order valence-corrected chi connectivity index (χ4v) is 2.03. The number of amidine groups is 1. The molecule has 21 heavy (non-hydrogen) atoms. The number of ether oxygens (including phenoxy) is 1. The molecule has 2 rings (SSSR count). The molecule has 1 aromatic carbocycles. The number of nitrogens with zero attached hydrogens (tertiary/aromatic N) is 3. The number of alkyl halides is 2. The van der Waals surface area contributed by atoms with Gasteiger partial charge in [-0.05, 0) is 22.0 Å². The Labute approximate surface area is 128 Å². The Hall–Kier alpha value is -2.01. The molecular formula is C13H12BrF2N4O+. The Balaban J connectivity index is 2.12. The van der Waals surface area contributed by atoms with Crippen LogP contribution < -0.4 is 10.2 Å². The fourth-order valence-electron chi connectivity index (χ4n) is 1.70. The first-order valence-corrected chi connectivity index (χ1v) is 6.81. The molecule has 0 atom stereocenters. The zero-order valence-electron chi connectivity index (χ0n) is 11.1.